The molecular formula is C26H27ClN4O5S. The molecule has 37 heavy (non-hydrogen) atoms. The molecule has 0 radical (unpaired) electrons. The second kappa shape index (κ2) is 12.9. The highest BCUT2D eigenvalue weighted by Gasteiger charge is 2.27. The highest BCUT2D eigenvalue weighted by Crippen LogP contribution is 2.24. The molecule has 194 valence electrons. The van der Waals surface area contributed by atoms with Crippen molar-refractivity contribution in [1.82, 2.24) is 10.7 Å². The molecule has 2 N–H and O–H groups in total. The number of nitrogens with zero attached hydrogens (tertiary/aromatic N) is 2. The summed E-state index contributed by atoms with van der Waals surface area (Å²) in [6.45, 7) is 3.14. The molecule has 0 saturated carbocycles. The fourth-order valence-corrected chi connectivity index (χ4v) is 4.70. The average molecular weight is 543 g/mol. The first-order chi connectivity index (χ1) is 17.6. The molecule has 0 unspecified atom stereocenters. The van der Waals surface area contributed by atoms with Gasteiger partial charge in [0, 0.05) is 11.1 Å². The van der Waals surface area contributed by atoms with Gasteiger partial charge >= 0.3 is 0 Å². The van der Waals surface area contributed by atoms with E-state index in [0.717, 1.165) is 4.31 Å². The van der Waals surface area contributed by atoms with Crippen molar-refractivity contribution in [3.63, 3.8) is 0 Å². The molecule has 0 fully saturated rings. The summed E-state index contributed by atoms with van der Waals surface area (Å²) in [5.74, 6) is -0.342. The number of ether oxygens (including phenoxy) is 1. The molecule has 0 bridgehead atoms. The van der Waals surface area contributed by atoms with Crippen molar-refractivity contribution in [2.75, 3.05) is 17.5 Å². The van der Waals surface area contributed by atoms with Crippen LogP contribution in [-0.2, 0) is 19.6 Å². The predicted octanol–water partition coefficient (Wildman–Crippen LogP) is 3.59. The summed E-state index contributed by atoms with van der Waals surface area (Å²) >= 11 is 5.89. The Balaban J connectivity index is 1.63. The number of sulfonamides is 1. The third kappa shape index (κ3) is 8.33. The summed E-state index contributed by atoms with van der Waals surface area (Å²) in [6, 6.07) is 20.8. The van der Waals surface area contributed by atoms with Crippen LogP contribution in [0.5, 0.6) is 5.75 Å². The Labute approximate surface area is 221 Å². The fraction of sp³-hybridized carbons (Fsp3) is 0.192. The molecule has 0 saturated heterocycles. The SMILES string of the molecule is CC(C)NC(=O)COc1ccc(/C=N\NC(=O)CN(c2ccccc2)S(=O)(=O)c2ccc(Cl)cc2)cc1. The van der Waals surface area contributed by atoms with Crippen LogP contribution in [0.2, 0.25) is 5.02 Å². The van der Waals surface area contributed by atoms with Crippen molar-refractivity contribution in [3.05, 3.63) is 89.4 Å². The van der Waals surface area contributed by atoms with Gasteiger partial charge in [0.05, 0.1) is 16.8 Å². The zero-order valence-corrected chi connectivity index (χ0v) is 21.9. The molecule has 0 aliphatic rings. The highest BCUT2D eigenvalue weighted by atomic mass is 35.5. The first kappa shape index (κ1) is 27.7. The van der Waals surface area contributed by atoms with Gasteiger partial charge in [-0.1, -0.05) is 29.8 Å². The summed E-state index contributed by atoms with van der Waals surface area (Å²) in [5, 5.41) is 7.06. The van der Waals surface area contributed by atoms with Gasteiger partial charge < -0.3 is 10.1 Å². The molecule has 0 heterocycles. The van der Waals surface area contributed by atoms with Gasteiger partial charge in [0.25, 0.3) is 21.8 Å². The first-order valence-electron chi connectivity index (χ1n) is 11.3. The lowest BCUT2D eigenvalue weighted by atomic mass is 10.2. The summed E-state index contributed by atoms with van der Waals surface area (Å²) in [4.78, 5) is 24.3. The number of carbonyl (C=O) groups excluding carboxylic acids is 2. The van der Waals surface area contributed by atoms with Gasteiger partial charge in [-0.2, -0.15) is 5.10 Å². The average Bonchev–Trinajstić information content (AvgIpc) is 2.87. The Morgan fingerprint density at radius 1 is 0.973 bits per heavy atom. The van der Waals surface area contributed by atoms with E-state index in [1.54, 1.807) is 54.6 Å². The largest absolute Gasteiger partial charge is 0.484 e. The summed E-state index contributed by atoms with van der Waals surface area (Å²) in [5.41, 5.74) is 3.34. The molecule has 0 aromatic heterocycles. The van der Waals surface area contributed by atoms with E-state index in [2.05, 4.69) is 15.8 Å². The van der Waals surface area contributed by atoms with Gasteiger partial charge in [0.2, 0.25) is 0 Å². The van der Waals surface area contributed by atoms with Crippen LogP contribution >= 0.6 is 11.6 Å². The number of halogens is 1. The molecule has 0 atom stereocenters. The van der Waals surface area contributed by atoms with Crippen molar-refractivity contribution in [1.29, 1.82) is 0 Å². The normalized spacial score (nSPS) is 11.4. The monoisotopic (exact) mass is 542 g/mol. The van der Waals surface area contributed by atoms with Gasteiger partial charge in [0.15, 0.2) is 6.61 Å². The van der Waals surface area contributed by atoms with E-state index >= 15 is 0 Å². The molecule has 3 aromatic rings. The Kier molecular flexibility index (Phi) is 9.64. The Hall–Kier alpha value is -3.89. The van der Waals surface area contributed by atoms with Crippen LogP contribution < -0.4 is 19.8 Å². The number of amides is 2. The van der Waals surface area contributed by atoms with Gasteiger partial charge in [0.1, 0.15) is 12.3 Å². The number of benzene rings is 3. The van der Waals surface area contributed by atoms with Gasteiger partial charge in [-0.25, -0.2) is 13.8 Å². The van der Waals surface area contributed by atoms with Crippen molar-refractivity contribution < 1.29 is 22.7 Å². The van der Waals surface area contributed by atoms with Crippen LogP contribution in [0.1, 0.15) is 19.4 Å². The lowest BCUT2D eigenvalue weighted by Gasteiger charge is -2.23. The van der Waals surface area contributed by atoms with Crippen LogP contribution in [0, 0.1) is 0 Å². The van der Waals surface area contributed by atoms with Crippen molar-refractivity contribution >= 4 is 45.3 Å². The number of para-hydroxylation sites is 1. The number of nitrogens with one attached hydrogen (secondary N) is 2. The Morgan fingerprint density at radius 2 is 1.62 bits per heavy atom. The molecule has 3 aromatic carbocycles. The highest BCUT2D eigenvalue weighted by molar-refractivity contribution is 7.92. The molecule has 2 amide bonds. The number of hydrazone groups is 1. The van der Waals surface area contributed by atoms with E-state index in [-0.39, 0.29) is 23.5 Å². The number of anilines is 1. The second-order valence-corrected chi connectivity index (χ2v) is 10.5. The lowest BCUT2D eigenvalue weighted by Crippen LogP contribution is -2.39. The zero-order chi connectivity index (χ0) is 26.8. The molecule has 0 aliphatic carbocycles. The number of carbonyl (C=O) groups is 2. The van der Waals surface area contributed by atoms with Crippen LogP contribution in [-0.4, -0.2) is 45.6 Å². The minimum atomic E-state index is -4.05. The van der Waals surface area contributed by atoms with Crippen LogP contribution in [0.15, 0.2) is 88.9 Å². The fourth-order valence-electron chi connectivity index (χ4n) is 3.15. The first-order valence-corrected chi connectivity index (χ1v) is 13.1. The molecule has 0 aliphatic heterocycles. The minimum absolute atomic E-state index is 0.000972. The third-order valence-electron chi connectivity index (χ3n) is 4.84. The molecule has 0 spiro atoms. The van der Waals surface area contributed by atoms with Crippen molar-refractivity contribution in [2.45, 2.75) is 24.8 Å². The molecule has 9 nitrogen and oxygen atoms in total. The van der Waals surface area contributed by atoms with E-state index in [4.69, 9.17) is 16.3 Å². The lowest BCUT2D eigenvalue weighted by molar-refractivity contribution is -0.123. The topological polar surface area (TPSA) is 117 Å². The third-order valence-corrected chi connectivity index (χ3v) is 6.88. The zero-order valence-electron chi connectivity index (χ0n) is 20.3. The number of hydrogen-bond donors (Lipinski definition) is 2. The van der Waals surface area contributed by atoms with Crippen LogP contribution in [0.4, 0.5) is 5.69 Å². The standard InChI is InChI=1S/C26H27ClN4O5S/c1-19(2)29-26(33)18-36-23-12-8-20(9-13-23)16-28-30-25(32)17-31(22-6-4-3-5-7-22)37(34,35)24-14-10-21(27)11-15-24/h3-16,19H,17-18H2,1-2H3,(H,29,33)(H,30,32)/b28-16-. The van der Waals surface area contributed by atoms with Crippen molar-refractivity contribution in [2.24, 2.45) is 5.10 Å². The van der Waals surface area contributed by atoms with Gasteiger partial charge in [-0.15, -0.1) is 0 Å². The summed E-state index contributed by atoms with van der Waals surface area (Å²) in [7, 11) is -4.05. The van der Waals surface area contributed by atoms with E-state index in [9.17, 15) is 18.0 Å². The minimum Gasteiger partial charge on any atom is -0.484 e. The summed E-state index contributed by atoms with van der Waals surface area (Å²) < 4.78 is 33.0. The van der Waals surface area contributed by atoms with Gasteiger partial charge in [-0.05, 0) is 80.1 Å². The second-order valence-electron chi connectivity index (χ2n) is 8.17. The van der Waals surface area contributed by atoms with Crippen LogP contribution in [0.25, 0.3) is 0 Å². The Morgan fingerprint density at radius 3 is 2.24 bits per heavy atom. The van der Waals surface area contributed by atoms with E-state index in [1.807, 2.05) is 13.8 Å². The predicted molar refractivity (Wildman–Crippen MR) is 143 cm³/mol. The van der Waals surface area contributed by atoms with Gasteiger partial charge in [-0.3, -0.25) is 13.9 Å². The quantitative estimate of drug-likeness (QED) is 0.284. The molecule has 11 heteroatoms. The smallest absolute Gasteiger partial charge is 0.264 e. The maximum atomic E-state index is 13.3. The number of rotatable bonds is 11. The number of hydrogen-bond acceptors (Lipinski definition) is 6. The molecular weight excluding hydrogens is 516 g/mol. The maximum Gasteiger partial charge on any atom is 0.264 e. The maximum absolute atomic E-state index is 13.3. The van der Waals surface area contributed by atoms with Crippen LogP contribution in [0.3, 0.4) is 0 Å². The van der Waals surface area contributed by atoms with E-state index in [1.165, 1.54) is 30.5 Å². The Bertz CT molecular complexity index is 1330. The van der Waals surface area contributed by atoms with Crippen molar-refractivity contribution in [3.8, 4) is 5.75 Å². The van der Waals surface area contributed by atoms with E-state index < -0.39 is 22.5 Å². The van der Waals surface area contributed by atoms with E-state index in [0.29, 0.717) is 22.0 Å². The summed E-state index contributed by atoms with van der Waals surface area (Å²) in [6.07, 6.45) is 1.41. The molecule has 3 rings (SSSR count).